The van der Waals surface area contributed by atoms with Crippen LogP contribution in [0, 0.1) is 5.92 Å². The molecule has 0 fully saturated rings. The lowest BCUT2D eigenvalue weighted by Crippen LogP contribution is -2.30. The van der Waals surface area contributed by atoms with E-state index in [0.29, 0.717) is 17.1 Å². The first-order valence-corrected chi connectivity index (χ1v) is 8.29. The van der Waals surface area contributed by atoms with E-state index in [4.69, 9.17) is 14.6 Å². The van der Waals surface area contributed by atoms with Crippen molar-refractivity contribution in [1.29, 1.82) is 0 Å². The van der Waals surface area contributed by atoms with Crippen molar-refractivity contribution in [3.05, 3.63) is 23.3 Å². The third-order valence-corrected chi connectivity index (χ3v) is 4.76. The van der Waals surface area contributed by atoms with Crippen LogP contribution in [0.15, 0.2) is 12.1 Å². The number of hydrogen-bond donors (Lipinski definition) is 1. The molecule has 0 saturated carbocycles. The molecule has 1 aliphatic rings. The molecule has 1 aromatic carbocycles. The largest absolute Gasteiger partial charge is 0.497 e. The number of benzene rings is 1. The maximum Gasteiger partial charge on any atom is 0.303 e. The molecule has 0 radical (unpaired) electrons. The van der Waals surface area contributed by atoms with Crippen molar-refractivity contribution >= 4 is 11.8 Å². The molecule has 2 rings (SSSR count). The highest BCUT2D eigenvalue weighted by molar-refractivity contribution is 5.98. The minimum atomic E-state index is -0.773. The molecule has 0 aliphatic carbocycles. The summed E-state index contributed by atoms with van der Waals surface area (Å²) in [6, 6.07) is 3.65. The number of hydrogen-bond acceptors (Lipinski definition) is 4. The molecule has 132 valence electrons. The molecule has 1 N–H and O–H groups in total. The third kappa shape index (κ3) is 3.71. The van der Waals surface area contributed by atoms with E-state index in [1.807, 2.05) is 26.8 Å². The first kappa shape index (κ1) is 18.3. The van der Waals surface area contributed by atoms with E-state index in [1.165, 1.54) is 6.92 Å². The van der Waals surface area contributed by atoms with E-state index in [1.54, 1.807) is 13.2 Å². The molecular formula is C19H26O5. The Morgan fingerprint density at radius 1 is 1.38 bits per heavy atom. The number of carbonyl (C=O) groups is 2. The van der Waals surface area contributed by atoms with Gasteiger partial charge in [0.25, 0.3) is 0 Å². The molecule has 24 heavy (non-hydrogen) atoms. The summed E-state index contributed by atoms with van der Waals surface area (Å²) in [7, 11) is 1.58. The molecule has 0 spiro atoms. The summed E-state index contributed by atoms with van der Waals surface area (Å²) in [6.07, 6.45) is 1.76. The highest BCUT2D eigenvalue weighted by Crippen LogP contribution is 2.50. The summed E-state index contributed by atoms with van der Waals surface area (Å²) >= 11 is 0. The van der Waals surface area contributed by atoms with Gasteiger partial charge in [-0.1, -0.05) is 6.92 Å². The maximum atomic E-state index is 12.0. The summed E-state index contributed by atoms with van der Waals surface area (Å²) in [5.41, 5.74) is 1.08. The highest BCUT2D eigenvalue weighted by atomic mass is 16.5. The Hall–Kier alpha value is -2.04. The molecular weight excluding hydrogens is 308 g/mol. The molecule has 0 amide bonds. The normalized spacial score (nSPS) is 19.3. The van der Waals surface area contributed by atoms with Gasteiger partial charge in [-0.2, -0.15) is 0 Å². The van der Waals surface area contributed by atoms with Crippen LogP contribution in [0.5, 0.6) is 11.5 Å². The zero-order valence-corrected chi connectivity index (χ0v) is 15.0. The van der Waals surface area contributed by atoms with Crippen molar-refractivity contribution in [2.45, 2.75) is 58.5 Å². The quantitative estimate of drug-likeness (QED) is 0.762. The smallest absolute Gasteiger partial charge is 0.303 e. The lowest BCUT2D eigenvalue weighted by molar-refractivity contribution is -0.138. The summed E-state index contributed by atoms with van der Waals surface area (Å²) in [4.78, 5) is 22.8. The van der Waals surface area contributed by atoms with Gasteiger partial charge >= 0.3 is 5.97 Å². The standard InChI is InChI=1S/C19H26O5/c1-11(8-17(21)22)6-7-16-15-10-13(23-5)9-14(12(2)20)18(15)24-19(16,3)4/h9-11,16H,6-8H2,1-5H3,(H,21,22). The topological polar surface area (TPSA) is 72.8 Å². The minimum absolute atomic E-state index is 0.0548. The molecule has 1 heterocycles. The fourth-order valence-electron chi connectivity index (χ4n) is 3.44. The Bertz CT molecular complexity index is 647. The second-order valence-corrected chi connectivity index (χ2v) is 7.19. The Morgan fingerprint density at radius 3 is 2.58 bits per heavy atom. The molecule has 1 aromatic rings. The van der Waals surface area contributed by atoms with Gasteiger partial charge in [0.05, 0.1) is 12.7 Å². The van der Waals surface area contributed by atoms with Crippen LogP contribution in [0.2, 0.25) is 0 Å². The van der Waals surface area contributed by atoms with E-state index in [-0.39, 0.29) is 24.0 Å². The van der Waals surface area contributed by atoms with Gasteiger partial charge in [0.2, 0.25) is 0 Å². The average molecular weight is 334 g/mol. The van der Waals surface area contributed by atoms with E-state index >= 15 is 0 Å². The second kappa shape index (κ2) is 6.83. The van der Waals surface area contributed by atoms with E-state index in [2.05, 4.69) is 0 Å². The molecule has 2 unspecified atom stereocenters. The Morgan fingerprint density at radius 2 is 2.04 bits per heavy atom. The van der Waals surface area contributed by atoms with Crippen LogP contribution in [0.25, 0.3) is 0 Å². The number of carboxylic acid groups (broad SMARTS) is 1. The van der Waals surface area contributed by atoms with E-state index in [0.717, 1.165) is 18.4 Å². The predicted octanol–water partition coefficient (Wildman–Crippen LogP) is 4.04. The molecule has 0 aromatic heterocycles. The van der Waals surface area contributed by atoms with Gasteiger partial charge < -0.3 is 14.6 Å². The van der Waals surface area contributed by atoms with Crippen LogP contribution in [0.1, 0.15) is 68.8 Å². The molecule has 2 atom stereocenters. The number of carbonyl (C=O) groups excluding carboxylic acids is 1. The summed E-state index contributed by atoms with van der Waals surface area (Å²) in [5.74, 6) is 0.649. The molecule has 0 saturated heterocycles. The van der Waals surface area contributed by atoms with Gasteiger partial charge in [0.15, 0.2) is 5.78 Å². The number of rotatable bonds is 7. The van der Waals surface area contributed by atoms with Crippen LogP contribution in [-0.4, -0.2) is 29.6 Å². The fraction of sp³-hybridized carbons (Fsp3) is 0.579. The summed E-state index contributed by atoms with van der Waals surface area (Å²) < 4.78 is 11.5. The minimum Gasteiger partial charge on any atom is -0.497 e. The van der Waals surface area contributed by atoms with Crippen molar-refractivity contribution in [3.63, 3.8) is 0 Å². The van der Waals surface area contributed by atoms with Gasteiger partial charge in [-0.15, -0.1) is 0 Å². The Kier molecular flexibility index (Phi) is 5.21. The lowest BCUT2D eigenvalue weighted by atomic mass is 9.81. The fourth-order valence-corrected chi connectivity index (χ4v) is 3.44. The second-order valence-electron chi connectivity index (χ2n) is 7.19. The van der Waals surface area contributed by atoms with Crippen LogP contribution >= 0.6 is 0 Å². The Balaban J connectivity index is 2.32. The number of methoxy groups -OCH3 is 1. The zero-order valence-electron chi connectivity index (χ0n) is 15.0. The zero-order chi connectivity index (χ0) is 18.1. The molecule has 0 bridgehead atoms. The third-order valence-electron chi connectivity index (χ3n) is 4.76. The van der Waals surface area contributed by atoms with Crippen LogP contribution in [0.4, 0.5) is 0 Å². The summed E-state index contributed by atoms with van der Waals surface area (Å²) in [6.45, 7) is 7.49. The average Bonchev–Trinajstić information content (AvgIpc) is 2.72. The van der Waals surface area contributed by atoms with Gasteiger partial charge in [0.1, 0.15) is 17.1 Å². The lowest BCUT2D eigenvalue weighted by Gasteiger charge is -2.27. The number of carboxylic acids is 1. The number of Topliss-reactive ketones (excluding diaryl/α,β-unsaturated/α-hetero) is 1. The maximum absolute atomic E-state index is 12.0. The van der Waals surface area contributed by atoms with Gasteiger partial charge in [-0.05, 0) is 51.7 Å². The van der Waals surface area contributed by atoms with Crippen molar-refractivity contribution in [1.82, 2.24) is 0 Å². The first-order chi connectivity index (χ1) is 11.2. The number of aliphatic carboxylic acids is 1. The van der Waals surface area contributed by atoms with Crippen molar-refractivity contribution in [2.24, 2.45) is 5.92 Å². The molecule has 5 heteroatoms. The number of fused-ring (bicyclic) bond motifs is 1. The van der Waals surface area contributed by atoms with Crippen LogP contribution in [-0.2, 0) is 4.79 Å². The van der Waals surface area contributed by atoms with E-state index in [9.17, 15) is 9.59 Å². The van der Waals surface area contributed by atoms with Gasteiger partial charge in [-0.3, -0.25) is 9.59 Å². The van der Waals surface area contributed by atoms with Crippen LogP contribution < -0.4 is 9.47 Å². The Labute approximate surface area is 143 Å². The molecule has 5 nitrogen and oxygen atoms in total. The van der Waals surface area contributed by atoms with Crippen molar-refractivity contribution < 1.29 is 24.2 Å². The first-order valence-electron chi connectivity index (χ1n) is 8.29. The van der Waals surface area contributed by atoms with Gasteiger partial charge in [0, 0.05) is 17.9 Å². The predicted molar refractivity (Wildman–Crippen MR) is 91.1 cm³/mol. The molecule has 1 aliphatic heterocycles. The number of ketones is 1. The van der Waals surface area contributed by atoms with Crippen molar-refractivity contribution in [3.8, 4) is 11.5 Å². The van der Waals surface area contributed by atoms with E-state index < -0.39 is 11.6 Å². The highest BCUT2D eigenvalue weighted by Gasteiger charge is 2.42. The number of ether oxygens (including phenoxy) is 2. The van der Waals surface area contributed by atoms with Crippen molar-refractivity contribution in [2.75, 3.05) is 7.11 Å². The summed E-state index contributed by atoms with van der Waals surface area (Å²) in [5, 5.41) is 8.92. The monoisotopic (exact) mass is 334 g/mol. The SMILES string of the molecule is COc1cc(C(C)=O)c2c(c1)C(CCC(C)CC(=O)O)C(C)(C)O2. The van der Waals surface area contributed by atoms with Crippen LogP contribution in [0.3, 0.4) is 0 Å². The van der Waals surface area contributed by atoms with Gasteiger partial charge in [-0.25, -0.2) is 0 Å².